The zero-order valence-electron chi connectivity index (χ0n) is 15.5. The molecule has 0 aromatic heterocycles. The number of hydrogen-bond donors (Lipinski definition) is 3. The molecule has 2 aromatic rings. The van der Waals surface area contributed by atoms with Crippen molar-refractivity contribution < 1.29 is 24.5 Å². The van der Waals surface area contributed by atoms with Crippen LogP contribution in [-0.2, 0) is 16.0 Å². The van der Waals surface area contributed by atoms with Crippen LogP contribution in [0, 0.1) is 5.92 Å². The molecule has 144 valence electrons. The molecule has 2 aromatic carbocycles. The normalized spacial score (nSPS) is 13.1. The molecule has 1 unspecified atom stereocenters. The number of benzene rings is 2. The van der Waals surface area contributed by atoms with Crippen molar-refractivity contribution >= 4 is 11.9 Å². The molecule has 0 amide bonds. The van der Waals surface area contributed by atoms with E-state index in [1.165, 1.54) is 0 Å². The van der Waals surface area contributed by atoms with Gasteiger partial charge in [-0.3, -0.25) is 14.9 Å². The lowest BCUT2D eigenvalue weighted by atomic mass is 10.0. The summed E-state index contributed by atoms with van der Waals surface area (Å²) in [5, 5.41) is 21.5. The predicted octanol–water partition coefficient (Wildman–Crippen LogP) is 3.56. The maximum Gasteiger partial charge on any atom is 0.321 e. The van der Waals surface area contributed by atoms with Crippen molar-refractivity contribution in [1.82, 2.24) is 5.32 Å². The molecule has 2 rings (SSSR count). The van der Waals surface area contributed by atoms with Crippen molar-refractivity contribution in [2.75, 3.05) is 0 Å². The first-order valence-electron chi connectivity index (χ1n) is 8.88. The highest BCUT2D eigenvalue weighted by molar-refractivity contribution is 5.77. The van der Waals surface area contributed by atoms with Crippen molar-refractivity contribution in [2.45, 2.75) is 38.8 Å². The number of ether oxygens (including phenoxy) is 1. The highest BCUT2D eigenvalue weighted by Gasteiger charge is 2.26. The molecule has 0 aliphatic carbocycles. The van der Waals surface area contributed by atoms with Gasteiger partial charge in [0.2, 0.25) is 0 Å². The second-order valence-electron chi connectivity index (χ2n) is 6.84. The molecular formula is C21H25NO5. The predicted molar refractivity (Wildman–Crippen MR) is 102 cm³/mol. The van der Waals surface area contributed by atoms with Crippen molar-refractivity contribution in [3.8, 4) is 11.5 Å². The second-order valence-corrected chi connectivity index (χ2v) is 6.84. The van der Waals surface area contributed by atoms with Crippen LogP contribution in [0.2, 0.25) is 0 Å². The Morgan fingerprint density at radius 2 is 1.44 bits per heavy atom. The van der Waals surface area contributed by atoms with E-state index >= 15 is 0 Å². The maximum absolute atomic E-state index is 11.6. The summed E-state index contributed by atoms with van der Waals surface area (Å²) >= 11 is 0. The zero-order valence-corrected chi connectivity index (χ0v) is 15.5. The lowest BCUT2D eigenvalue weighted by Gasteiger charge is -2.21. The van der Waals surface area contributed by atoms with Crippen LogP contribution in [-0.4, -0.2) is 34.2 Å². The molecule has 0 aliphatic heterocycles. The van der Waals surface area contributed by atoms with Gasteiger partial charge in [0.25, 0.3) is 0 Å². The molecule has 2 atom stereocenters. The number of aliphatic carboxylic acids is 2. The van der Waals surface area contributed by atoms with E-state index in [0.717, 1.165) is 5.56 Å². The third kappa shape index (κ3) is 6.75. The lowest BCUT2D eigenvalue weighted by Crippen LogP contribution is -2.48. The smallest absolute Gasteiger partial charge is 0.321 e. The van der Waals surface area contributed by atoms with E-state index in [4.69, 9.17) is 4.74 Å². The third-order valence-corrected chi connectivity index (χ3v) is 4.05. The number of rotatable bonds is 10. The van der Waals surface area contributed by atoms with E-state index in [1.54, 1.807) is 24.3 Å². The van der Waals surface area contributed by atoms with Crippen LogP contribution in [0.1, 0.15) is 25.8 Å². The molecule has 6 heteroatoms. The molecule has 0 bridgehead atoms. The fourth-order valence-electron chi connectivity index (χ4n) is 2.73. The minimum atomic E-state index is -1.07. The molecule has 3 N–H and O–H groups in total. The summed E-state index contributed by atoms with van der Waals surface area (Å²) in [5.41, 5.74) is 0.781. The van der Waals surface area contributed by atoms with E-state index in [0.29, 0.717) is 17.9 Å². The average Bonchev–Trinajstić information content (AvgIpc) is 2.62. The Hall–Kier alpha value is -2.86. The highest BCUT2D eigenvalue weighted by atomic mass is 16.5. The van der Waals surface area contributed by atoms with E-state index < -0.39 is 24.0 Å². The minimum absolute atomic E-state index is 0.141. The first-order chi connectivity index (χ1) is 12.8. The van der Waals surface area contributed by atoms with E-state index in [1.807, 2.05) is 44.2 Å². The van der Waals surface area contributed by atoms with E-state index in [2.05, 4.69) is 5.32 Å². The van der Waals surface area contributed by atoms with Gasteiger partial charge in [0.1, 0.15) is 23.6 Å². The first kappa shape index (κ1) is 20.5. The molecule has 6 nitrogen and oxygen atoms in total. The Labute approximate surface area is 158 Å². The largest absolute Gasteiger partial charge is 0.480 e. The minimum Gasteiger partial charge on any atom is -0.480 e. The summed E-state index contributed by atoms with van der Waals surface area (Å²) in [6, 6.07) is 14.6. The molecular weight excluding hydrogens is 346 g/mol. The van der Waals surface area contributed by atoms with Crippen LogP contribution < -0.4 is 10.1 Å². The van der Waals surface area contributed by atoms with Gasteiger partial charge in [-0.15, -0.1) is 0 Å². The van der Waals surface area contributed by atoms with Gasteiger partial charge in [0.15, 0.2) is 0 Å². The molecule has 0 aliphatic rings. The molecule has 0 radical (unpaired) electrons. The Balaban J connectivity index is 2.03. The van der Waals surface area contributed by atoms with E-state index in [-0.39, 0.29) is 12.3 Å². The van der Waals surface area contributed by atoms with Crippen molar-refractivity contribution in [3.63, 3.8) is 0 Å². The van der Waals surface area contributed by atoms with Crippen LogP contribution >= 0.6 is 0 Å². The lowest BCUT2D eigenvalue weighted by molar-refractivity contribution is -0.142. The average molecular weight is 371 g/mol. The number of para-hydroxylation sites is 1. The Bertz CT molecular complexity index is 743. The topological polar surface area (TPSA) is 95.9 Å². The Morgan fingerprint density at radius 3 is 1.96 bits per heavy atom. The van der Waals surface area contributed by atoms with Gasteiger partial charge in [0.05, 0.1) is 0 Å². The second kappa shape index (κ2) is 9.73. The number of carbonyl (C=O) groups is 2. The monoisotopic (exact) mass is 371 g/mol. The van der Waals surface area contributed by atoms with Gasteiger partial charge in [0, 0.05) is 0 Å². The number of carboxylic acids is 2. The summed E-state index contributed by atoms with van der Waals surface area (Å²) in [7, 11) is 0. The summed E-state index contributed by atoms with van der Waals surface area (Å²) in [4.78, 5) is 23.0. The number of nitrogens with one attached hydrogen (secondary N) is 1. The first-order valence-corrected chi connectivity index (χ1v) is 8.88. The molecule has 0 spiro atoms. The van der Waals surface area contributed by atoms with Gasteiger partial charge in [-0.2, -0.15) is 0 Å². The van der Waals surface area contributed by atoms with Gasteiger partial charge >= 0.3 is 11.9 Å². The van der Waals surface area contributed by atoms with Crippen molar-refractivity contribution in [1.29, 1.82) is 0 Å². The van der Waals surface area contributed by atoms with Gasteiger partial charge < -0.3 is 14.9 Å². The standard InChI is InChI=1S/C21H25NO5/c1-14(2)12-18(20(23)24)22-19(21(25)26)13-15-8-10-17(11-9-15)27-16-6-4-3-5-7-16/h3-11,14,18-19,22H,12-13H2,1-2H3,(H,23,24)(H,25,26)/t18?,19-/m0/s1. The Morgan fingerprint density at radius 1 is 0.889 bits per heavy atom. The SMILES string of the molecule is CC(C)CC(N[C@@H](Cc1ccc(Oc2ccccc2)cc1)C(=O)O)C(=O)O. The van der Waals surface area contributed by atoms with Crippen molar-refractivity contribution in [3.05, 3.63) is 60.2 Å². The van der Waals surface area contributed by atoms with Crippen LogP contribution in [0.15, 0.2) is 54.6 Å². The van der Waals surface area contributed by atoms with Crippen LogP contribution in [0.3, 0.4) is 0 Å². The van der Waals surface area contributed by atoms with Gasteiger partial charge in [-0.1, -0.05) is 44.2 Å². The quantitative estimate of drug-likeness (QED) is 0.591. The van der Waals surface area contributed by atoms with Gasteiger partial charge in [-0.05, 0) is 48.6 Å². The maximum atomic E-state index is 11.6. The van der Waals surface area contributed by atoms with Gasteiger partial charge in [-0.25, -0.2) is 0 Å². The number of carboxylic acid groups (broad SMARTS) is 2. The fraction of sp³-hybridized carbons (Fsp3) is 0.333. The number of hydrogen-bond acceptors (Lipinski definition) is 4. The third-order valence-electron chi connectivity index (χ3n) is 4.05. The molecule has 0 fully saturated rings. The molecule has 0 heterocycles. The zero-order chi connectivity index (χ0) is 19.8. The summed E-state index contributed by atoms with van der Waals surface area (Å²) in [6.45, 7) is 3.80. The van der Waals surface area contributed by atoms with Crippen LogP contribution in [0.4, 0.5) is 0 Å². The molecule has 0 saturated heterocycles. The fourth-order valence-corrected chi connectivity index (χ4v) is 2.73. The van der Waals surface area contributed by atoms with Crippen LogP contribution in [0.25, 0.3) is 0 Å². The Kier molecular flexibility index (Phi) is 7.37. The summed E-state index contributed by atoms with van der Waals surface area (Å²) in [5.74, 6) is -0.611. The summed E-state index contributed by atoms with van der Waals surface area (Å²) < 4.78 is 5.72. The molecule has 0 saturated carbocycles. The van der Waals surface area contributed by atoms with E-state index in [9.17, 15) is 19.8 Å². The highest BCUT2D eigenvalue weighted by Crippen LogP contribution is 2.21. The molecule has 27 heavy (non-hydrogen) atoms. The van der Waals surface area contributed by atoms with Crippen molar-refractivity contribution in [2.24, 2.45) is 5.92 Å². The van der Waals surface area contributed by atoms with Crippen LogP contribution in [0.5, 0.6) is 11.5 Å². The summed E-state index contributed by atoms with van der Waals surface area (Å²) in [6.07, 6.45) is 0.547.